The van der Waals surface area contributed by atoms with E-state index in [-0.39, 0.29) is 5.91 Å². The third kappa shape index (κ3) is 2.73. The Balaban J connectivity index is 2.86. The van der Waals surface area contributed by atoms with Crippen molar-refractivity contribution in [1.29, 1.82) is 0 Å². The lowest BCUT2D eigenvalue weighted by atomic mass is 10.2. The average Bonchev–Trinajstić information content (AvgIpc) is 2.27. The molecule has 0 spiro atoms. The van der Waals surface area contributed by atoms with Crippen LogP contribution in [0.4, 0.5) is 5.69 Å². The highest BCUT2D eigenvalue weighted by Crippen LogP contribution is 2.13. The van der Waals surface area contributed by atoms with Crippen LogP contribution in [0, 0.1) is 0 Å². The quantitative estimate of drug-likeness (QED) is 0.781. The fourth-order valence-electron chi connectivity index (χ4n) is 1.28. The normalized spacial score (nSPS) is 12.1. The number of rotatable bonds is 3. The van der Waals surface area contributed by atoms with Crippen molar-refractivity contribution in [2.75, 3.05) is 26.0 Å². The number of aliphatic hydroxyl groups is 1. The maximum atomic E-state index is 11.8. The molecule has 1 amide bonds. The monoisotopic (exact) mass is 222 g/mol. The summed E-state index contributed by atoms with van der Waals surface area (Å²) in [5, 5.41) is 9.29. The number of nitrogens with zero attached hydrogens (tertiary/aromatic N) is 2. The van der Waals surface area contributed by atoms with Crippen LogP contribution in [-0.2, 0) is 0 Å². The highest BCUT2D eigenvalue weighted by atomic mass is 16.3. The topological polar surface area (TPSA) is 43.8 Å². The Bertz CT molecular complexity index is 358. The molecule has 0 saturated heterocycles. The van der Waals surface area contributed by atoms with Crippen molar-refractivity contribution in [3.63, 3.8) is 0 Å². The highest BCUT2D eigenvalue weighted by Gasteiger charge is 2.14. The van der Waals surface area contributed by atoms with Crippen molar-refractivity contribution in [1.82, 2.24) is 4.90 Å². The summed E-state index contributed by atoms with van der Waals surface area (Å²) in [6, 6.07) is 7.28. The Morgan fingerprint density at radius 1 is 1.19 bits per heavy atom. The third-order valence-corrected chi connectivity index (χ3v) is 2.51. The van der Waals surface area contributed by atoms with E-state index in [9.17, 15) is 9.90 Å². The second kappa shape index (κ2) is 4.99. The lowest BCUT2D eigenvalue weighted by Gasteiger charge is -2.20. The summed E-state index contributed by atoms with van der Waals surface area (Å²) in [5.74, 6) is -0.180. The van der Waals surface area contributed by atoms with E-state index in [1.165, 1.54) is 4.90 Å². The van der Waals surface area contributed by atoms with Gasteiger partial charge in [0.25, 0.3) is 5.91 Å². The smallest absolute Gasteiger partial charge is 0.255 e. The number of benzene rings is 1. The predicted molar refractivity (Wildman–Crippen MR) is 64.5 cm³/mol. The van der Waals surface area contributed by atoms with Crippen LogP contribution in [0.5, 0.6) is 0 Å². The molecule has 16 heavy (non-hydrogen) atoms. The largest absolute Gasteiger partial charge is 0.378 e. The molecule has 0 saturated carbocycles. The van der Waals surface area contributed by atoms with Gasteiger partial charge in [-0.2, -0.15) is 0 Å². The Morgan fingerprint density at radius 2 is 1.69 bits per heavy atom. The van der Waals surface area contributed by atoms with Gasteiger partial charge >= 0.3 is 0 Å². The molecule has 4 heteroatoms. The SMILES string of the molecule is CC(O)N(C)C(=O)c1ccc(N(C)C)cc1. The van der Waals surface area contributed by atoms with E-state index in [2.05, 4.69) is 0 Å². The second-order valence-corrected chi connectivity index (χ2v) is 3.99. The van der Waals surface area contributed by atoms with Gasteiger partial charge in [0, 0.05) is 32.4 Å². The zero-order chi connectivity index (χ0) is 12.3. The summed E-state index contributed by atoms with van der Waals surface area (Å²) < 4.78 is 0. The Morgan fingerprint density at radius 3 is 2.06 bits per heavy atom. The van der Waals surface area contributed by atoms with Crippen molar-refractivity contribution in [2.24, 2.45) is 0 Å². The number of anilines is 1. The van der Waals surface area contributed by atoms with Crippen molar-refractivity contribution >= 4 is 11.6 Å². The lowest BCUT2D eigenvalue weighted by molar-refractivity contribution is 0.0293. The maximum Gasteiger partial charge on any atom is 0.255 e. The van der Waals surface area contributed by atoms with E-state index in [0.29, 0.717) is 5.56 Å². The van der Waals surface area contributed by atoms with Crippen LogP contribution in [-0.4, -0.2) is 43.3 Å². The van der Waals surface area contributed by atoms with E-state index >= 15 is 0 Å². The molecular formula is C12H18N2O2. The number of aliphatic hydroxyl groups excluding tert-OH is 1. The van der Waals surface area contributed by atoms with Crippen LogP contribution in [0.15, 0.2) is 24.3 Å². The second-order valence-electron chi connectivity index (χ2n) is 3.99. The average molecular weight is 222 g/mol. The summed E-state index contributed by atoms with van der Waals surface area (Å²) in [6.45, 7) is 1.56. The Labute approximate surface area is 96.1 Å². The molecule has 0 bridgehead atoms. The van der Waals surface area contributed by atoms with Crippen LogP contribution in [0.25, 0.3) is 0 Å². The zero-order valence-electron chi connectivity index (χ0n) is 10.1. The van der Waals surface area contributed by atoms with Crippen LogP contribution in [0.1, 0.15) is 17.3 Å². The molecule has 1 aromatic carbocycles. The molecule has 0 radical (unpaired) electrons. The van der Waals surface area contributed by atoms with Crippen LogP contribution in [0.2, 0.25) is 0 Å². The highest BCUT2D eigenvalue weighted by molar-refractivity contribution is 5.94. The van der Waals surface area contributed by atoms with Crippen LogP contribution < -0.4 is 4.90 Å². The van der Waals surface area contributed by atoms with Gasteiger partial charge in [-0.15, -0.1) is 0 Å². The summed E-state index contributed by atoms with van der Waals surface area (Å²) in [7, 11) is 5.46. The van der Waals surface area contributed by atoms with Gasteiger partial charge in [-0.1, -0.05) is 0 Å². The Hall–Kier alpha value is -1.55. The molecule has 0 aromatic heterocycles. The molecule has 1 rings (SSSR count). The van der Waals surface area contributed by atoms with Crippen molar-refractivity contribution in [2.45, 2.75) is 13.2 Å². The van der Waals surface area contributed by atoms with Crippen LogP contribution >= 0.6 is 0 Å². The molecule has 1 atom stereocenters. The minimum absolute atomic E-state index is 0.180. The number of carbonyl (C=O) groups is 1. The first-order chi connectivity index (χ1) is 7.43. The summed E-state index contributed by atoms with van der Waals surface area (Å²) in [6.07, 6.45) is -0.777. The molecule has 1 N–H and O–H groups in total. The van der Waals surface area contributed by atoms with Gasteiger partial charge in [-0.3, -0.25) is 4.79 Å². The first-order valence-electron chi connectivity index (χ1n) is 5.16. The maximum absolute atomic E-state index is 11.8. The number of hydrogen-bond acceptors (Lipinski definition) is 3. The molecule has 0 aliphatic rings. The zero-order valence-corrected chi connectivity index (χ0v) is 10.1. The first kappa shape index (κ1) is 12.5. The van der Waals surface area contributed by atoms with Crippen LogP contribution in [0.3, 0.4) is 0 Å². The van der Waals surface area contributed by atoms with Gasteiger partial charge < -0.3 is 14.9 Å². The number of carbonyl (C=O) groups excluding carboxylic acids is 1. The van der Waals surface area contributed by atoms with E-state index < -0.39 is 6.23 Å². The third-order valence-electron chi connectivity index (χ3n) is 2.51. The molecule has 88 valence electrons. The molecular weight excluding hydrogens is 204 g/mol. The van der Waals surface area contributed by atoms with Gasteiger partial charge in [0.1, 0.15) is 6.23 Å². The molecule has 1 unspecified atom stereocenters. The molecule has 0 aliphatic heterocycles. The minimum Gasteiger partial charge on any atom is -0.378 e. The fraction of sp³-hybridized carbons (Fsp3) is 0.417. The van der Waals surface area contributed by atoms with Gasteiger partial charge in [0.05, 0.1) is 0 Å². The van der Waals surface area contributed by atoms with Gasteiger partial charge in [-0.25, -0.2) is 0 Å². The van der Waals surface area contributed by atoms with E-state index in [1.807, 2.05) is 31.1 Å². The molecule has 0 fully saturated rings. The number of amides is 1. The van der Waals surface area contributed by atoms with E-state index in [1.54, 1.807) is 26.1 Å². The predicted octanol–water partition coefficient (Wildman–Crippen LogP) is 1.16. The summed E-state index contributed by atoms with van der Waals surface area (Å²) in [5.41, 5.74) is 1.62. The van der Waals surface area contributed by atoms with E-state index in [0.717, 1.165) is 5.69 Å². The van der Waals surface area contributed by atoms with Crippen molar-refractivity contribution in [3.8, 4) is 0 Å². The van der Waals surface area contributed by atoms with Gasteiger partial charge in [-0.05, 0) is 31.2 Å². The molecule has 1 aromatic rings. The van der Waals surface area contributed by atoms with E-state index in [4.69, 9.17) is 0 Å². The summed E-state index contributed by atoms with van der Waals surface area (Å²) >= 11 is 0. The fourth-order valence-corrected chi connectivity index (χ4v) is 1.28. The molecule has 0 heterocycles. The summed E-state index contributed by atoms with van der Waals surface area (Å²) in [4.78, 5) is 15.1. The van der Waals surface area contributed by atoms with Gasteiger partial charge in [0.2, 0.25) is 0 Å². The standard InChI is InChI=1S/C12H18N2O2/c1-9(15)14(4)12(16)10-5-7-11(8-6-10)13(2)3/h5-9,15H,1-4H3. The minimum atomic E-state index is -0.777. The molecule has 0 aliphatic carbocycles. The number of hydrogen-bond donors (Lipinski definition) is 1. The first-order valence-corrected chi connectivity index (χ1v) is 5.16. The Kier molecular flexibility index (Phi) is 3.90. The van der Waals surface area contributed by atoms with Crippen molar-refractivity contribution < 1.29 is 9.90 Å². The van der Waals surface area contributed by atoms with Gasteiger partial charge in [0.15, 0.2) is 0 Å². The molecule has 4 nitrogen and oxygen atoms in total. The van der Waals surface area contributed by atoms with Crippen molar-refractivity contribution in [3.05, 3.63) is 29.8 Å². The lowest BCUT2D eigenvalue weighted by Crippen LogP contribution is -2.34.